The van der Waals surface area contributed by atoms with Gasteiger partial charge in [0.1, 0.15) is 0 Å². The van der Waals surface area contributed by atoms with Crippen LogP contribution in [0.3, 0.4) is 0 Å². The minimum atomic E-state index is 0.580. The summed E-state index contributed by atoms with van der Waals surface area (Å²) >= 11 is 0. The quantitative estimate of drug-likeness (QED) is 0.803. The lowest BCUT2D eigenvalue weighted by Gasteiger charge is -2.31. The Morgan fingerprint density at radius 2 is 1.50 bits per heavy atom. The van der Waals surface area contributed by atoms with E-state index in [0.29, 0.717) is 12.0 Å². The Balaban J connectivity index is 1.62. The molecule has 0 aromatic heterocycles. The van der Waals surface area contributed by atoms with Gasteiger partial charge in [0.2, 0.25) is 0 Å². The second kappa shape index (κ2) is 4.70. The molecule has 1 aliphatic heterocycles. The van der Waals surface area contributed by atoms with Crippen molar-refractivity contribution in [2.24, 2.45) is 22.9 Å². The zero-order valence-corrected chi connectivity index (χ0v) is 12.6. The molecule has 2 bridgehead atoms. The van der Waals surface area contributed by atoms with E-state index in [9.17, 15) is 0 Å². The highest BCUT2D eigenvalue weighted by atomic mass is 15.5. The number of anilines is 1. The second-order valence-electron chi connectivity index (χ2n) is 6.88. The molecule has 2 nitrogen and oxygen atoms in total. The maximum atomic E-state index is 5.10. The number of para-hydroxylation sites is 1. The Bertz CT molecular complexity index is 707. The first-order chi connectivity index (χ1) is 10.9. The molecule has 2 saturated carbocycles. The molecule has 0 radical (unpaired) electrons. The first-order valence-electron chi connectivity index (χ1n) is 8.40. The summed E-state index contributed by atoms with van der Waals surface area (Å²) in [5.41, 5.74) is 3.88. The SMILES string of the molecule is c1ccc(C2=NN(c3ccccc3)[C@H]3[C@@H]4CC[C@H](C4)[C@@H]23)cc1. The Hall–Kier alpha value is -2.09. The zero-order valence-electron chi connectivity index (χ0n) is 12.6. The number of nitrogens with zero attached hydrogens (tertiary/aromatic N) is 2. The molecule has 0 saturated heterocycles. The van der Waals surface area contributed by atoms with E-state index in [-0.39, 0.29) is 0 Å². The van der Waals surface area contributed by atoms with Crippen LogP contribution in [0.15, 0.2) is 65.8 Å². The summed E-state index contributed by atoms with van der Waals surface area (Å²) in [5, 5.41) is 7.43. The van der Waals surface area contributed by atoms with Gasteiger partial charge in [-0.15, -0.1) is 0 Å². The molecular formula is C20H20N2. The summed E-state index contributed by atoms with van der Waals surface area (Å²) in [4.78, 5) is 0. The first kappa shape index (κ1) is 12.5. The van der Waals surface area contributed by atoms with Gasteiger partial charge in [0.05, 0.1) is 17.4 Å². The largest absolute Gasteiger partial charge is 0.261 e. The van der Waals surface area contributed by atoms with Crippen molar-refractivity contribution in [2.45, 2.75) is 25.3 Å². The van der Waals surface area contributed by atoms with Crippen molar-refractivity contribution in [3.05, 3.63) is 66.2 Å². The molecule has 3 aliphatic rings. The minimum absolute atomic E-state index is 0.580. The van der Waals surface area contributed by atoms with Crippen LogP contribution in [0.2, 0.25) is 0 Å². The third-order valence-corrected chi connectivity index (χ3v) is 5.78. The summed E-state index contributed by atoms with van der Waals surface area (Å²) in [6.07, 6.45) is 4.16. The van der Waals surface area contributed by atoms with Crippen molar-refractivity contribution in [1.82, 2.24) is 0 Å². The normalized spacial score (nSPS) is 32.2. The van der Waals surface area contributed by atoms with Crippen LogP contribution in [0.1, 0.15) is 24.8 Å². The highest BCUT2D eigenvalue weighted by Crippen LogP contribution is 2.54. The molecule has 2 aromatic carbocycles. The molecule has 5 rings (SSSR count). The number of benzene rings is 2. The number of hydrogen-bond acceptors (Lipinski definition) is 2. The van der Waals surface area contributed by atoms with E-state index in [1.165, 1.54) is 36.2 Å². The van der Waals surface area contributed by atoms with Gasteiger partial charge in [-0.1, -0.05) is 48.5 Å². The van der Waals surface area contributed by atoms with Crippen molar-refractivity contribution in [3.63, 3.8) is 0 Å². The molecule has 1 heterocycles. The Kier molecular flexibility index (Phi) is 2.66. The van der Waals surface area contributed by atoms with Crippen molar-refractivity contribution in [3.8, 4) is 0 Å². The van der Waals surface area contributed by atoms with Gasteiger partial charge in [0.15, 0.2) is 0 Å². The van der Waals surface area contributed by atoms with Crippen molar-refractivity contribution in [1.29, 1.82) is 0 Å². The Labute approximate surface area is 131 Å². The molecule has 2 heteroatoms. The summed E-state index contributed by atoms with van der Waals surface area (Å²) < 4.78 is 0. The van der Waals surface area contributed by atoms with Crippen molar-refractivity contribution < 1.29 is 0 Å². The average Bonchev–Trinajstić information content (AvgIpc) is 3.29. The lowest BCUT2D eigenvalue weighted by atomic mass is 9.80. The van der Waals surface area contributed by atoms with E-state index in [1.807, 2.05) is 0 Å². The second-order valence-corrected chi connectivity index (χ2v) is 6.88. The van der Waals surface area contributed by atoms with E-state index in [1.54, 1.807) is 0 Å². The van der Waals surface area contributed by atoms with Gasteiger partial charge in [0, 0.05) is 5.92 Å². The van der Waals surface area contributed by atoms with Crippen LogP contribution in [0.4, 0.5) is 5.69 Å². The van der Waals surface area contributed by atoms with E-state index in [4.69, 9.17) is 5.10 Å². The smallest absolute Gasteiger partial charge is 0.0737 e. The van der Waals surface area contributed by atoms with Crippen LogP contribution >= 0.6 is 0 Å². The predicted molar refractivity (Wildman–Crippen MR) is 90.0 cm³/mol. The molecule has 22 heavy (non-hydrogen) atoms. The molecule has 2 fully saturated rings. The topological polar surface area (TPSA) is 15.6 Å². The van der Waals surface area contributed by atoms with Crippen LogP contribution in [0, 0.1) is 17.8 Å². The van der Waals surface area contributed by atoms with Crippen LogP contribution in [-0.2, 0) is 0 Å². The number of hydrazone groups is 1. The molecule has 2 aromatic rings. The average molecular weight is 288 g/mol. The molecule has 110 valence electrons. The maximum Gasteiger partial charge on any atom is 0.0737 e. The monoisotopic (exact) mass is 288 g/mol. The van der Waals surface area contributed by atoms with Gasteiger partial charge >= 0.3 is 0 Å². The fraction of sp³-hybridized carbons (Fsp3) is 0.350. The van der Waals surface area contributed by atoms with Crippen LogP contribution in [0.5, 0.6) is 0 Å². The van der Waals surface area contributed by atoms with Crippen molar-refractivity contribution in [2.75, 3.05) is 5.01 Å². The van der Waals surface area contributed by atoms with Gasteiger partial charge in [-0.3, -0.25) is 5.01 Å². The van der Waals surface area contributed by atoms with E-state index in [0.717, 1.165) is 11.8 Å². The van der Waals surface area contributed by atoms with E-state index >= 15 is 0 Å². The zero-order chi connectivity index (χ0) is 14.5. The summed E-state index contributed by atoms with van der Waals surface area (Å²) in [7, 11) is 0. The van der Waals surface area contributed by atoms with Crippen LogP contribution in [-0.4, -0.2) is 11.8 Å². The molecule has 4 atom stereocenters. The third kappa shape index (κ3) is 1.70. The van der Waals surface area contributed by atoms with Crippen LogP contribution in [0.25, 0.3) is 0 Å². The highest BCUT2D eigenvalue weighted by Gasteiger charge is 2.55. The lowest BCUT2D eigenvalue weighted by Crippen LogP contribution is -2.38. The minimum Gasteiger partial charge on any atom is -0.261 e. The van der Waals surface area contributed by atoms with E-state index < -0.39 is 0 Å². The van der Waals surface area contributed by atoms with Crippen LogP contribution < -0.4 is 5.01 Å². The van der Waals surface area contributed by atoms with Gasteiger partial charge in [-0.05, 0) is 48.8 Å². The summed E-state index contributed by atoms with van der Waals surface area (Å²) in [6, 6.07) is 22.1. The summed E-state index contributed by atoms with van der Waals surface area (Å²) in [5.74, 6) is 2.28. The molecule has 2 aliphatic carbocycles. The van der Waals surface area contributed by atoms with E-state index in [2.05, 4.69) is 65.7 Å². The standard InChI is InChI=1S/C20H20N2/c1-3-7-14(8-4-1)19-18-15-11-12-16(13-15)20(18)22(21-19)17-9-5-2-6-10-17/h1-10,15-16,18,20H,11-13H2/t15-,16-,18+,20+/m1/s1. The highest BCUT2D eigenvalue weighted by molar-refractivity contribution is 6.05. The molecular weight excluding hydrogens is 268 g/mol. The van der Waals surface area contributed by atoms with Crippen molar-refractivity contribution >= 4 is 11.4 Å². The number of hydrogen-bond donors (Lipinski definition) is 0. The van der Waals surface area contributed by atoms with Gasteiger partial charge in [-0.2, -0.15) is 5.10 Å². The summed E-state index contributed by atoms with van der Waals surface area (Å²) in [6.45, 7) is 0. The fourth-order valence-electron chi connectivity index (χ4n) is 4.92. The Morgan fingerprint density at radius 1 is 0.818 bits per heavy atom. The van der Waals surface area contributed by atoms with Gasteiger partial charge in [-0.25, -0.2) is 0 Å². The van der Waals surface area contributed by atoms with Gasteiger partial charge < -0.3 is 0 Å². The fourth-order valence-corrected chi connectivity index (χ4v) is 4.92. The van der Waals surface area contributed by atoms with Gasteiger partial charge in [0.25, 0.3) is 0 Å². The lowest BCUT2D eigenvalue weighted by molar-refractivity contribution is 0.364. The first-order valence-corrected chi connectivity index (χ1v) is 8.40. The Morgan fingerprint density at radius 3 is 2.27 bits per heavy atom. The molecule has 0 spiro atoms. The predicted octanol–water partition coefficient (Wildman–Crippen LogP) is 4.33. The molecule has 0 unspecified atom stereocenters. The number of rotatable bonds is 2. The molecule has 0 N–H and O–H groups in total. The molecule has 0 amide bonds. The number of fused-ring (bicyclic) bond motifs is 5. The maximum absolute atomic E-state index is 5.10. The third-order valence-electron chi connectivity index (χ3n) is 5.78.